The summed E-state index contributed by atoms with van der Waals surface area (Å²) in [6.45, 7) is 0.552. The van der Waals surface area contributed by atoms with Gasteiger partial charge >= 0.3 is 0 Å². The normalized spacial score (nSPS) is 10.8. The molecule has 3 rings (SSSR count). The molecule has 0 saturated heterocycles. The van der Waals surface area contributed by atoms with Crippen molar-refractivity contribution in [3.05, 3.63) is 65.0 Å². The zero-order valence-electron chi connectivity index (χ0n) is 10.8. The third kappa shape index (κ3) is 2.72. The van der Waals surface area contributed by atoms with Crippen LogP contribution in [0.15, 0.2) is 64.3 Å². The Morgan fingerprint density at radius 2 is 1.75 bits per heavy atom. The molecule has 0 aliphatic heterocycles. The smallest absolute Gasteiger partial charge is 0.267 e. The van der Waals surface area contributed by atoms with Crippen molar-refractivity contribution in [1.29, 1.82) is 0 Å². The standard InChI is InChI=1S/C15H13N3OS/c19-15-13-8-4-5-9-14(13)16-17-18(15)10-11-20-12-6-2-1-3-7-12/h1-9H,10-11H2. The average Bonchev–Trinajstić information content (AvgIpc) is 2.51. The molecule has 5 heteroatoms. The number of thioether (sulfide) groups is 1. The quantitative estimate of drug-likeness (QED) is 0.691. The van der Waals surface area contributed by atoms with Crippen LogP contribution < -0.4 is 5.56 Å². The zero-order chi connectivity index (χ0) is 13.8. The van der Waals surface area contributed by atoms with Gasteiger partial charge in [-0.1, -0.05) is 35.5 Å². The maximum atomic E-state index is 12.2. The minimum absolute atomic E-state index is 0.0794. The Bertz CT molecular complexity index is 771. The van der Waals surface area contributed by atoms with E-state index >= 15 is 0 Å². The number of nitrogens with zero attached hydrogens (tertiary/aromatic N) is 3. The van der Waals surface area contributed by atoms with Gasteiger partial charge in [0.1, 0.15) is 5.52 Å². The van der Waals surface area contributed by atoms with E-state index in [2.05, 4.69) is 22.4 Å². The highest BCUT2D eigenvalue weighted by Crippen LogP contribution is 2.16. The second-order valence-electron chi connectivity index (χ2n) is 4.30. The monoisotopic (exact) mass is 283 g/mol. The number of hydrogen-bond donors (Lipinski definition) is 0. The molecule has 0 aliphatic carbocycles. The molecule has 0 N–H and O–H groups in total. The SMILES string of the molecule is O=c1c2ccccc2nnn1CCSc1ccccc1. The third-order valence-electron chi connectivity index (χ3n) is 2.94. The molecule has 0 spiro atoms. The van der Waals surface area contributed by atoms with Crippen LogP contribution >= 0.6 is 11.8 Å². The van der Waals surface area contributed by atoms with Crippen LogP contribution in [0.4, 0.5) is 0 Å². The fourth-order valence-corrected chi connectivity index (χ4v) is 2.79. The molecular formula is C15H13N3OS. The van der Waals surface area contributed by atoms with Gasteiger partial charge < -0.3 is 0 Å². The number of aryl methyl sites for hydroxylation is 1. The van der Waals surface area contributed by atoms with Crippen LogP contribution in [0.3, 0.4) is 0 Å². The van der Waals surface area contributed by atoms with Crippen LogP contribution in [-0.4, -0.2) is 20.7 Å². The summed E-state index contributed by atoms with van der Waals surface area (Å²) in [5.74, 6) is 0.789. The van der Waals surface area contributed by atoms with E-state index in [1.807, 2.05) is 30.3 Å². The first kappa shape index (κ1) is 12.9. The molecule has 0 saturated carbocycles. The van der Waals surface area contributed by atoms with E-state index in [0.29, 0.717) is 17.4 Å². The number of aromatic nitrogens is 3. The van der Waals surface area contributed by atoms with E-state index < -0.39 is 0 Å². The first-order valence-corrected chi connectivity index (χ1v) is 7.33. The van der Waals surface area contributed by atoms with Gasteiger partial charge in [0.2, 0.25) is 0 Å². The predicted molar refractivity (Wildman–Crippen MR) is 81.0 cm³/mol. The van der Waals surface area contributed by atoms with Gasteiger partial charge in [0.25, 0.3) is 5.56 Å². The minimum Gasteiger partial charge on any atom is -0.267 e. The van der Waals surface area contributed by atoms with E-state index in [1.54, 1.807) is 23.9 Å². The lowest BCUT2D eigenvalue weighted by molar-refractivity contribution is 0.585. The molecule has 1 heterocycles. The second-order valence-corrected chi connectivity index (χ2v) is 5.46. The Kier molecular flexibility index (Phi) is 3.78. The van der Waals surface area contributed by atoms with Crippen molar-refractivity contribution in [2.45, 2.75) is 11.4 Å². The lowest BCUT2D eigenvalue weighted by Gasteiger charge is -2.04. The van der Waals surface area contributed by atoms with Gasteiger partial charge in [0.15, 0.2) is 0 Å². The minimum atomic E-state index is -0.0794. The Hall–Kier alpha value is -2.14. The van der Waals surface area contributed by atoms with E-state index in [-0.39, 0.29) is 5.56 Å². The van der Waals surface area contributed by atoms with Gasteiger partial charge in [-0.3, -0.25) is 4.79 Å². The number of rotatable bonds is 4. The molecule has 20 heavy (non-hydrogen) atoms. The van der Waals surface area contributed by atoms with Gasteiger partial charge in [-0.15, -0.1) is 16.9 Å². The Labute approximate surface area is 120 Å². The fraction of sp³-hybridized carbons (Fsp3) is 0.133. The molecule has 100 valence electrons. The first-order valence-electron chi connectivity index (χ1n) is 6.35. The molecule has 4 nitrogen and oxygen atoms in total. The lowest BCUT2D eigenvalue weighted by atomic mass is 10.2. The molecule has 0 atom stereocenters. The number of benzene rings is 2. The van der Waals surface area contributed by atoms with Gasteiger partial charge in [0, 0.05) is 10.6 Å². The maximum Gasteiger partial charge on any atom is 0.277 e. The molecule has 2 aromatic carbocycles. The molecule has 0 amide bonds. The van der Waals surface area contributed by atoms with Crippen LogP contribution in [0.25, 0.3) is 10.9 Å². The zero-order valence-corrected chi connectivity index (χ0v) is 11.6. The summed E-state index contributed by atoms with van der Waals surface area (Å²) < 4.78 is 1.43. The van der Waals surface area contributed by atoms with E-state index in [4.69, 9.17) is 0 Å². The molecular weight excluding hydrogens is 270 g/mol. The van der Waals surface area contributed by atoms with Crippen molar-refractivity contribution >= 4 is 22.7 Å². The second kappa shape index (κ2) is 5.88. The van der Waals surface area contributed by atoms with Gasteiger partial charge in [-0.25, -0.2) is 4.68 Å². The molecule has 0 unspecified atom stereocenters. The highest BCUT2D eigenvalue weighted by atomic mass is 32.2. The van der Waals surface area contributed by atoms with Crippen molar-refractivity contribution in [3.63, 3.8) is 0 Å². The highest BCUT2D eigenvalue weighted by Gasteiger charge is 2.04. The summed E-state index contributed by atoms with van der Waals surface area (Å²) in [5, 5.41) is 8.67. The maximum absolute atomic E-state index is 12.2. The third-order valence-corrected chi connectivity index (χ3v) is 3.94. The van der Waals surface area contributed by atoms with Crippen LogP contribution in [0.5, 0.6) is 0 Å². The number of hydrogen-bond acceptors (Lipinski definition) is 4. The van der Waals surface area contributed by atoms with Gasteiger partial charge in [-0.05, 0) is 24.3 Å². The molecule has 0 radical (unpaired) electrons. The number of fused-ring (bicyclic) bond motifs is 1. The average molecular weight is 283 g/mol. The van der Waals surface area contributed by atoms with Crippen molar-refractivity contribution in [3.8, 4) is 0 Å². The van der Waals surface area contributed by atoms with E-state index in [1.165, 1.54) is 9.58 Å². The summed E-state index contributed by atoms with van der Waals surface area (Å²) in [5.41, 5.74) is 0.564. The molecule has 1 aromatic heterocycles. The Balaban J connectivity index is 1.75. The van der Waals surface area contributed by atoms with Gasteiger partial charge in [0.05, 0.1) is 11.9 Å². The van der Waals surface area contributed by atoms with Crippen molar-refractivity contribution in [2.24, 2.45) is 0 Å². The highest BCUT2D eigenvalue weighted by molar-refractivity contribution is 7.99. The van der Waals surface area contributed by atoms with Crippen LogP contribution in [-0.2, 0) is 6.54 Å². The Morgan fingerprint density at radius 3 is 2.60 bits per heavy atom. The van der Waals surface area contributed by atoms with Gasteiger partial charge in [-0.2, -0.15) is 0 Å². The predicted octanol–water partition coefficient (Wildman–Crippen LogP) is 2.58. The summed E-state index contributed by atoms with van der Waals surface area (Å²) >= 11 is 1.70. The molecule has 0 aliphatic rings. The molecule has 0 fully saturated rings. The largest absolute Gasteiger partial charge is 0.277 e. The van der Waals surface area contributed by atoms with Crippen LogP contribution in [0, 0.1) is 0 Å². The lowest BCUT2D eigenvalue weighted by Crippen LogP contribution is -2.25. The van der Waals surface area contributed by atoms with Crippen molar-refractivity contribution in [1.82, 2.24) is 15.0 Å². The topological polar surface area (TPSA) is 47.8 Å². The van der Waals surface area contributed by atoms with Crippen LogP contribution in [0.2, 0.25) is 0 Å². The summed E-state index contributed by atoms with van der Waals surface area (Å²) in [7, 11) is 0. The fourth-order valence-electron chi connectivity index (χ4n) is 1.94. The summed E-state index contributed by atoms with van der Waals surface area (Å²) in [4.78, 5) is 13.4. The van der Waals surface area contributed by atoms with Crippen LogP contribution in [0.1, 0.15) is 0 Å². The first-order chi connectivity index (χ1) is 9.84. The summed E-state index contributed by atoms with van der Waals surface area (Å²) in [6.07, 6.45) is 0. The van der Waals surface area contributed by atoms with E-state index in [0.717, 1.165) is 5.75 Å². The molecule has 3 aromatic rings. The Morgan fingerprint density at radius 1 is 1.00 bits per heavy atom. The summed E-state index contributed by atoms with van der Waals surface area (Å²) in [6, 6.07) is 17.4. The van der Waals surface area contributed by atoms with Crippen molar-refractivity contribution < 1.29 is 0 Å². The molecule has 0 bridgehead atoms. The van der Waals surface area contributed by atoms with E-state index in [9.17, 15) is 4.79 Å². The van der Waals surface area contributed by atoms with Crippen molar-refractivity contribution in [2.75, 3.05) is 5.75 Å².